The third-order valence-corrected chi connectivity index (χ3v) is 3.31. The van der Waals surface area contributed by atoms with Gasteiger partial charge in [0.1, 0.15) is 5.75 Å². The molecule has 2 heteroatoms. The number of hydrogen-bond donors (Lipinski definition) is 1. The normalized spacial score (nSPS) is 10.6. The first-order valence-corrected chi connectivity index (χ1v) is 7.25. The summed E-state index contributed by atoms with van der Waals surface area (Å²) in [5.41, 5.74) is 3.69. The quantitative estimate of drug-likeness (QED) is 0.811. The van der Waals surface area contributed by atoms with E-state index in [9.17, 15) is 0 Å². The number of hydrogen-bond acceptors (Lipinski definition) is 2. The van der Waals surface area contributed by atoms with E-state index in [2.05, 4.69) is 49.5 Å². The van der Waals surface area contributed by atoms with Crippen LogP contribution in [-0.2, 0) is 6.54 Å². The molecule has 2 rings (SSSR count). The molecule has 0 amide bonds. The molecule has 0 aromatic heterocycles. The molecule has 0 aliphatic rings. The molecule has 0 fully saturated rings. The third-order valence-electron chi connectivity index (χ3n) is 3.31. The van der Waals surface area contributed by atoms with Crippen molar-refractivity contribution in [1.29, 1.82) is 0 Å². The fourth-order valence-corrected chi connectivity index (χ4v) is 2.15. The Balaban J connectivity index is 2.07. The molecule has 0 bridgehead atoms. The van der Waals surface area contributed by atoms with Crippen LogP contribution < -0.4 is 10.1 Å². The summed E-state index contributed by atoms with van der Waals surface area (Å²) in [5, 5.41) is 3.48. The number of para-hydroxylation sites is 1. The highest BCUT2D eigenvalue weighted by Gasteiger charge is 2.03. The molecule has 2 aromatic carbocycles. The van der Waals surface area contributed by atoms with Crippen molar-refractivity contribution < 1.29 is 4.74 Å². The molecule has 20 heavy (non-hydrogen) atoms. The van der Waals surface area contributed by atoms with Gasteiger partial charge in [0.25, 0.3) is 0 Å². The Morgan fingerprint density at radius 2 is 1.85 bits per heavy atom. The van der Waals surface area contributed by atoms with Gasteiger partial charge in [-0.05, 0) is 36.6 Å². The van der Waals surface area contributed by atoms with Crippen LogP contribution in [0.2, 0.25) is 0 Å². The predicted octanol–water partition coefficient (Wildman–Crippen LogP) is 4.82. The molecular weight excluding hydrogens is 246 g/mol. The summed E-state index contributed by atoms with van der Waals surface area (Å²) < 4.78 is 5.65. The molecular formula is C18H23NO. The summed E-state index contributed by atoms with van der Waals surface area (Å²) >= 11 is 0. The van der Waals surface area contributed by atoms with Crippen LogP contribution in [0.4, 0.5) is 5.69 Å². The zero-order chi connectivity index (χ0) is 14.4. The van der Waals surface area contributed by atoms with Gasteiger partial charge in [-0.3, -0.25) is 0 Å². The Labute approximate surface area is 121 Å². The lowest BCUT2D eigenvalue weighted by Crippen LogP contribution is -2.03. The minimum Gasteiger partial charge on any atom is -0.494 e. The fourth-order valence-electron chi connectivity index (χ4n) is 2.15. The Morgan fingerprint density at radius 3 is 2.60 bits per heavy atom. The van der Waals surface area contributed by atoms with Gasteiger partial charge in [-0.2, -0.15) is 0 Å². The molecule has 106 valence electrons. The molecule has 0 unspecified atom stereocenters. The molecule has 0 spiro atoms. The van der Waals surface area contributed by atoms with Crippen LogP contribution >= 0.6 is 0 Å². The van der Waals surface area contributed by atoms with Crippen LogP contribution in [0.25, 0.3) is 0 Å². The van der Waals surface area contributed by atoms with Crippen LogP contribution in [0.1, 0.15) is 37.8 Å². The molecule has 1 N–H and O–H groups in total. The zero-order valence-electron chi connectivity index (χ0n) is 12.5. The number of nitrogens with one attached hydrogen (secondary N) is 1. The molecule has 0 aliphatic carbocycles. The van der Waals surface area contributed by atoms with Gasteiger partial charge in [0.05, 0.1) is 6.61 Å². The maximum absolute atomic E-state index is 5.65. The summed E-state index contributed by atoms with van der Waals surface area (Å²) in [6, 6.07) is 16.8. The first-order valence-electron chi connectivity index (χ1n) is 7.25. The van der Waals surface area contributed by atoms with Crippen molar-refractivity contribution in [2.75, 3.05) is 11.9 Å². The summed E-state index contributed by atoms with van der Waals surface area (Å²) in [4.78, 5) is 0. The van der Waals surface area contributed by atoms with Gasteiger partial charge in [-0.15, -0.1) is 0 Å². The SMILES string of the molecule is CCOc1ccccc1CNc1cccc(C(C)C)c1. The maximum Gasteiger partial charge on any atom is 0.124 e. The van der Waals surface area contributed by atoms with Crippen LogP contribution in [0.3, 0.4) is 0 Å². The van der Waals surface area contributed by atoms with Crippen molar-refractivity contribution in [3.8, 4) is 5.75 Å². The smallest absolute Gasteiger partial charge is 0.124 e. The van der Waals surface area contributed by atoms with Crippen LogP contribution in [0.5, 0.6) is 5.75 Å². The minimum absolute atomic E-state index is 0.549. The highest BCUT2D eigenvalue weighted by molar-refractivity contribution is 5.48. The number of ether oxygens (including phenoxy) is 1. The summed E-state index contributed by atoms with van der Waals surface area (Å²) in [5.74, 6) is 1.51. The summed E-state index contributed by atoms with van der Waals surface area (Å²) in [6.07, 6.45) is 0. The van der Waals surface area contributed by atoms with E-state index in [0.717, 1.165) is 18.0 Å². The first-order chi connectivity index (χ1) is 9.70. The van der Waals surface area contributed by atoms with E-state index in [1.54, 1.807) is 0 Å². The fraction of sp³-hybridized carbons (Fsp3) is 0.333. The lowest BCUT2D eigenvalue weighted by atomic mass is 10.0. The Kier molecular flexibility index (Phi) is 5.05. The predicted molar refractivity (Wildman–Crippen MR) is 85.5 cm³/mol. The highest BCUT2D eigenvalue weighted by atomic mass is 16.5. The van der Waals surface area contributed by atoms with Crippen LogP contribution in [-0.4, -0.2) is 6.61 Å². The Morgan fingerprint density at radius 1 is 1.05 bits per heavy atom. The minimum atomic E-state index is 0.549. The average Bonchev–Trinajstić information content (AvgIpc) is 2.47. The molecule has 0 aliphatic heterocycles. The van der Waals surface area contributed by atoms with Gasteiger partial charge in [0.15, 0.2) is 0 Å². The third kappa shape index (κ3) is 3.77. The van der Waals surface area contributed by atoms with Crippen LogP contribution in [0.15, 0.2) is 48.5 Å². The maximum atomic E-state index is 5.65. The first kappa shape index (κ1) is 14.4. The largest absolute Gasteiger partial charge is 0.494 e. The van der Waals surface area contributed by atoms with E-state index < -0.39 is 0 Å². The molecule has 0 atom stereocenters. The van der Waals surface area contributed by atoms with Crippen molar-refractivity contribution in [2.24, 2.45) is 0 Å². The van der Waals surface area contributed by atoms with Crippen molar-refractivity contribution in [3.05, 3.63) is 59.7 Å². The Bertz CT molecular complexity index is 549. The van der Waals surface area contributed by atoms with E-state index in [1.807, 2.05) is 25.1 Å². The monoisotopic (exact) mass is 269 g/mol. The van der Waals surface area contributed by atoms with Crippen molar-refractivity contribution in [1.82, 2.24) is 0 Å². The van der Waals surface area contributed by atoms with Gasteiger partial charge in [0, 0.05) is 17.8 Å². The molecule has 2 nitrogen and oxygen atoms in total. The number of anilines is 1. The molecule has 0 radical (unpaired) electrons. The van der Waals surface area contributed by atoms with Crippen molar-refractivity contribution in [2.45, 2.75) is 33.2 Å². The number of benzene rings is 2. The molecule has 0 saturated heterocycles. The second-order valence-corrected chi connectivity index (χ2v) is 5.17. The van der Waals surface area contributed by atoms with E-state index in [-0.39, 0.29) is 0 Å². The lowest BCUT2D eigenvalue weighted by Gasteiger charge is -2.13. The van der Waals surface area contributed by atoms with E-state index in [0.29, 0.717) is 12.5 Å². The van der Waals surface area contributed by atoms with Crippen LogP contribution in [0, 0.1) is 0 Å². The second-order valence-electron chi connectivity index (χ2n) is 5.17. The van der Waals surface area contributed by atoms with Crippen molar-refractivity contribution in [3.63, 3.8) is 0 Å². The zero-order valence-corrected chi connectivity index (χ0v) is 12.5. The van der Waals surface area contributed by atoms with E-state index in [1.165, 1.54) is 11.1 Å². The van der Waals surface area contributed by atoms with E-state index in [4.69, 9.17) is 4.74 Å². The van der Waals surface area contributed by atoms with Gasteiger partial charge in [-0.25, -0.2) is 0 Å². The summed E-state index contributed by atoms with van der Waals surface area (Å²) in [7, 11) is 0. The average molecular weight is 269 g/mol. The van der Waals surface area contributed by atoms with Gasteiger partial charge >= 0.3 is 0 Å². The lowest BCUT2D eigenvalue weighted by molar-refractivity contribution is 0.337. The molecule has 2 aromatic rings. The Hall–Kier alpha value is -1.96. The van der Waals surface area contributed by atoms with Gasteiger partial charge in [-0.1, -0.05) is 44.2 Å². The molecule has 0 heterocycles. The van der Waals surface area contributed by atoms with Crippen molar-refractivity contribution >= 4 is 5.69 Å². The van der Waals surface area contributed by atoms with E-state index >= 15 is 0 Å². The highest BCUT2D eigenvalue weighted by Crippen LogP contribution is 2.22. The summed E-state index contributed by atoms with van der Waals surface area (Å²) in [6.45, 7) is 7.90. The second kappa shape index (κ2) is 6.99. The topological polar surface area (TPSA) is 21.3 Å². The van der Waals surface area contributed by atoms with Gasteiger partial charge in [0.2, 0.25) is 0 Å². The standard InChI is InChI=1S/C18H23NO/c1-4-20-18-11-6-5-8-16(18)13-19-17-10-7-9-15(12-17)14(2)3/h5-12,14,19H,4,13H2,1-3H3. The number of rotatable bonds is 6. The molecule has 0 saturated carbocycles. The van der Waals surface area contributed by atoms with Gasteiger partial charge < -0.3 is 10.1 Å².